The lowest BCUT2D eigenvalue weighted by Gasteiger charge is -2.23. The Morgan fingerprint density at radius 1 is 1.57 bits per heavy atom. The van der Waals surface area contributed by atoms with Gasteiger partial charge in [0, 0.05) is 24.4 Å². The van der Waals surface area contributed by atoms with Gasteiger partial charge in [-0.2, -0.15) is 4.31 Å². The summed E-state index contributed by atoms with van der Waals surface area (Å²) in [5.41, 5.74) is 5.44. The second-order valence-corrected chi connectivity index (χ2v) is 9.61. The number of hydrogen-bond acceptors (Lipinski definition) is 5. The molecule has 21 heavy (non-hydrogen) atoms. The third-order valence-corrected chi connectivity index (χ3v) is 6.45. The molecular formula is C12H20BrN3O3S2. The minimum atomic E-state index is -3.59. The van der Waals surface area contributed by atoms with Gasteiger partial charge in [0.25, 0.3) is 0 Å². The minimum absolute atomic E-state index is 0.0159. The Morgan fingerprint density at radius 2 is 2.19 bits per heavy atom. The van der Waals surface area contributed by atoms with Gasteiger partial charge >= 0.3 is 0 Å². The Balaban J connectivity index is 3.08. The summed E-state index contributed by atoms with van der Waals surface area (Å²) in [7, 11) is -3.59. The average molecular weight is 398 g/mol. The molecule has 0 saturated heterocycles. The number of thiophene rings is 1. The molecule has 0 aliphatic rings. The summed E-state index contributed by atoms with van der Waals surface area (Å²) in [5.74, 6) is 0.191. The van der Waals surface area contributed by atoms with Gasteiger partial charge in [0.2, 0.25) is 10.0 Å². The van der Waals surface area contributed by atoms with Crippen LogP contribution in [-0.4, -0.2) is 36.9 Å². The molecule has 120 valence electrons. The van der Waals surface area contributed by atoms with Crippen molar-refractivity contribution in [3.63, 3.8) is 0 Å². The van der Waals surface area contributed by atoms with E-state index >= 15 is 0 Å². The average Bonchev–Trinajstić information content (AvgIpc) is 2.73. The highest BCUT2D eigenvalue weighted by Crippen LogP contribution is 2.31. The van der Waals surface area contributed by atoms with Gasteiger partial charge in [0.1, 0.15) is 5.84 Å². The Hall–Kier alpha value is -0.640. The molecule has 6 nitrogen and oxygen atoms in total. The van der Waals surface area contributed by atoms with E-state index in [0.717, 1.165) is 8.66 Å². The van der Waals surface area contributed by atoms with Crippen LogP contribution in [-0.2, 0) is 10.0 Å². The first kappa shape index (κ1) is 18.4. The van der Waals surface area contributed by atoms with Crippen LogP contribution in [0.4, 0.5) is 0 Å². The Morgan fingerprint density at radius 3 is 2.62 bits per heavy atom. The van der Waals surface area contributed by atoms with E-state index in [1.807, 2.05) is 13.8 Å². The number of sulfonamides is 1. The Labute approximate surface area is 137 Å². The predicted octanol–water partition coefficient (Wildman–Crippen LogP) is 2.60. The molecule has 1 heterocycles. The highest BCUT2D eigenvalue weighted by molar-refractivity contribution is 9.11. The Bertz CT molecular complexity index is 611. The van der Waals surface area contributed by atoms with Gasteiger partial charge in [0.15, 0.2) is 0 Å². The number of hydrogen-bond donors (Lipinski definition) is 2. The van der Waals surface area contributed by atoms with Crippen molar-refractivity contribution in [2.45, 2.75) is 32.1 Å². The quantitative estimate of drug-likeness (QED) is 0.319. The molecule has 1 rings (SSSR count). The van der Waals surface area contributed by atoms with Crippen LogP contribution in [0.5, 0.6) is 0 Å². The number of amidine groups is 1. The van der Waals surface area contributed by atoms with E-state index in [1.54, 1.807) is 13.0 Å². The molecule has 0 atom stereocenters. The number of nitrogens with zero attached hydrogens (tertiary/aromatic N) is 2. The molecule has 0 aliphatic heterocycles. The maximum Gasteiger partial charge on any atom is 0.244 e. The minimum Gasteiger partial charge on any atom is -0.409 e. The lowest BCUT2D eigenvalue weighted by atomic mass is 10.2. The van der Waals surface area contributed by atoms with Gasteiger partial charge in [-0.3, -0.25) is 0 Å². The van der Waals surface area contributed by atoms with Crippen LogP contribution < -0.4 is 5.73 Å². The van der Waals surface area contributed by atoms with Crippen molar-refractivity contribution in [2.75, 3.05) is 13.1 Å². The third kappa shape index (κ3) is 4.94. The van der Waals surface area contributed by atoms with Crippen molar-refractivity contribution < 1.29 is 13.6 Å². The van der Waals surface area contributed by atoms with Crippen LogP contribution in [0.1, 0.15) is 25.1 Å². The molecule has 0 aromatic carbocycles. The van der Waals surface area contributed by atoms with Gasteiger partial charge in [-0.1, -0.05) is 19.0 Å². The zero-order valence-electron chi connectivity index (χ0n) is 12.2. The molecule has 0 amide bonds. The zero-order chi connectivity index (χ0) is 16.2. The predicted molar refractivity (Wildman–Crippen MR) is 88.4 cm³/mol. The van der Waals surface area contributed by atoms with Crippen LogP contribution in [0.25, 0.3) is 0 Å². The first-order chi connectivity index (χ1) is 9.68. The summed E-state index contributed by atoms with van der Waals surface area (Å²) >= 11 is 4.70. The summed E-state index contributed by atoms with van der Waals surface area (Å²) in [6.45, 7) is 6.24. The van der Waals surface area contributed by atoms with Crippen molar-refractivity contribution in [3.05, 3.63) is 14.7 Å². The Kier molecular flexibility index (Phi) is 6.64. The van der Waals surface area contributed by atoms with Crippen molar-refractivity contribution in [1.82, 2.24) is 4.31 Å². The fraction of sp³-hybridized carbons (Fsp3) is 0.583. The van der Waals surface area contributed by atoms with E-state index in [4.69, 9.17) is 10.9 Å². The smallest absolute Gasteiger partial charge is 0.244 e. The normalized spacial score (nSPS) is 13.3. The van der Waals surface area contributed by atoms with Gasteiger partial charge in [-0.15, -0.1) is 11.3 Å². The fourth-order valence-electron chi connectivity index (χ4n) is 1.83. The van der Waals surface area contributed by atoms with Crippen molar-refractivity contribution in [2.24, 2.45) is 16.8 Å². The third-order valence-electron chi connectivity index (χ3n) is 2.77. The summed E-state index contributed by atoms with van der Waals surface area (Å²) in [6.07, 6.45) is 0.187. The second kappa shape index (κ2) is 7.57. The van der Waals surface area contributed by atoms with Crippen LogP contribution in [0.15, 0.2) is 19.9 Å². The number of rotatable bonds is 7. The molecule has 3 N–H and O–H groups in total. The second-order valence-electron chi connectivity index (χ2n) is 5.07. The van der Waals surface area contributed by atoms with Crippen LogP contribution in [0, 0.1) is 12.8 Å². The maximum absolute atomic E-state index is 12.8. The van der Waals surface area contributed by atoms with Crippen LogP contribution in [0.3, 0.4) is 0 Å². The summed E-state index contributed by atoms with van der Waals surface area (Å²) in [4.78, 5) is 1.04. The van der Waals surface area contributed by atoms with Gasteiger partial charge in [-0.05, 0) is 34.8 Å². The molecule has 0 saturated carbocycles. The molecule has 1 aromatic heterocycles. The van der Waals surface area contributed by atoms with Gasteiger partial charge in [-0.25, -0.2) is 8.42 Å². The van der Waals surface area contributed by atoms with E-state index in [0.29, 0.717) is 11.4 Å². The van der Waals surface area contributed by atoms with E-state index in [1.165, 1.54) is 15.6 Å². The standard InChI is InChI=1S/C12H20BrN3O3S2/c1-8(2)7-16(5-4-12(14)15-17)21(18,19)10-6-11(13)20-9(10)3/h6,8,17H,4-5,7H2,1-3H3,(H2,14,15). The molecule has 0 bridgehead atoms. The van der Waals surface area contributed by atoms with E-state index < -0.39 is 10.0 Å². The molecule has 0 unspecified atom stereocenters. The first-order valence-corrected chi connectivity index (χ1v) is 9.46. The van der Waals surface area contributed by atoms with Crippen molar-refractivity contribution >= 4 is 43.1 Å². The molecule has 9 heteroatoms. The molecule has 0 aliphatic carbocycles. The van der Waals surface area contributed by atoms with Crippen molar-refractivity contribution in [1.29, 1.82) is 0 Å². The van der Waals surface area contributed by atoms with Crippen LogP contribution in [0.2, 0.25) is 0 Å². The van der Waals surface area contributed by atoms with Crippen LogP contribution >= 0.6 is 27.3 Å². The lowest BCUT2D eigenvalue weighted by molar-refractivity contribution is 0.314. The first-order valence-electron chi connectivity index (χ1n) is 6.41. The van der Waals surface area contributed by atoms with E-state index in [9.17, 15) is 8.42 Å². The molecule has 0 fully saturated rings. The molecule has 1 aromatic rings. The van der Waals surface area contributed by atoms with E-state index in [2.05, 4.69) is 21.1 Å². The highest BCUT2D eigenvalue weighted by Gasteiger charge is 2.28. The highest BCUT2D eigenvalue weighted by atomic mass is 79.9. The monoisotopic (exact) mass is 397 g/mol. The SMILES string of the molecule is Cc1sc(Br)cc1S(=O)(=O)N(CC/C(N)=N/O)CC(C)C. The summed E-state index contributed by atoms with van der Waals surface area (Å²) < 4.78 is 27.7. The molecule has 0 radical (unpaired) electrons. The van der Waals surface area contributed by atoms with Crippen molar-refractivity contribution in [3.8, 4) is 0 Å². The van der Waals surface area contributed by atoms with Gasteiger partial charge in [0.05, 0.1) is 8.68 Å². The number of halogens is 1. The molecule has 0 spiro atoms. The largest absolute Gasteiger partial charge is 0.409 e. The number of oxime groups is 1. The molecular weight excluding hydrogens is 378 g/mol. The lowest BCUT2D eigenvalue weighted by Crippen LogP contribution is -2.36. The van der Waals surface area contributed by atoms with Gasteiger partial charge < -0.3 is 10.9 Å². The topological polar surface area (TPSA) is 96.0 Å². The number of aryl methyl sites for hydroxylation is 1. The summed E-state index contributed by atoms with van der Waals surface area (Å²) in [5, 5.41) is 11.5. The number of nitrogens with two attached hydrogens (primary N) is 1. The summed E-state index contributed by atoms with van der Waals surface area (Å²) in [6, 6.07) is 1.62. The zero-order valence-corrected chi connectivity index (χ0v) is 15.4. The van der Waals surface area contributed by atoms with E-state index in [-0.39, 0.29) is 24.7 Å². The maximum atomic E-state index is 12.8. The fourth-order valence-corrected chi connectivity index (χ4v) is 5.82.